The van der Waals surface area contributed by atoms with Gasteiger partial charge in [0.25, 0.3) is 5.91 Å². The minimum atomic E-state index is -0.123. The molecule has 1 aliphatic rings. The molecule has 21 heavy (non-hydrogen) atoms. The number of hydrogen-bond donors (Lipinski definition) is 2. The second-order valence-electron chi connectivity index (χ2n) is 5.55. The molecular formula is C16H20N4O. The molecule has 0 unspecified atom stereocenters. The zero-order valence-electron chi connectivity index (χ0n) is 12.0. The Bertz CT molecular complexity index is 631. The predicted octanol–water partition coefficient (Wildman–Crippen LogP) is 2.37. The van der Waals surface area contributed by atoms with Crippen molar-refractivity contribution in [3.05, 3.63) is 42.2 Å². The minimum Gasteiger partial charge on any atom is -0.397 e. The number of para-hydroxylation sites is 2. The molecule has 0 aliphatic heterocycles. The molecule has 0 spiro atoms. The van der Waals surface area contributed by atoms with E-state index in [2.05, 4.69) is 10.4 Å². The first-order valence-electron chi connectivity index (χ1n) is 7.43. The van der Waals surface area contributed by atoms with E-state index in [0.717, 1.165) is 24.6 Å². The second-order valence-corrected chi connectivity index (χ2v) is 5.55. The minimum absolute atomic E-state index is 0.123. The molecule has 1 aliphatic carbocycles. The van der Waals surface area contributed by atoms with Crippen LogP contribution in [0.25, 0.3) is 5.69 Å². The summed E-state index contributed by atoms with van der Waals surface area (Å²) in [4.78, 5) is 12.0. The highest BCUT2D eigenvalue weighted by molar-refractivity contribution is 5.92. The van der Waals surface area contributed by atoms with Gasteiger partial charge in [0.05, 0.1) is 11.4 Å². The second kappa shape index (κ2) is 5.99. The van der Waals surface area contributed by atoms with Crippen molar-refractivity contribution in [3.63, 3.8) is 0 Å². The van der Waals surface area contributed by atoms with Gasteiger partial charge in [0.15, 0.2) is 5.69 Å². The first kappa shape index (κ1) is 13.7. The molecule has 1 fully saturated rings. The Morgan fingerprint density at radius 1 is 1.33 bits per heavy atom. The number of hydrogen-bond acceptors (Lipinski definition) is 3. The fraction of sp³-hybridized carbons (Fsp3) is 0.375. The van der Waals surface area contributed by atoms with Crippen LogP contribution in [0.3, 0.4) is 0 Å². The number of nitrogen functional groups attached to an aromatic ring is 1. The Morgan fingerprint density at radius 3 is 2.86 bits per heavy atom. The van der Waals surface area contributed by atoms with Crippen LogP contribution < -0.4 is 11.1 Å². The van der Waals surface area contributed by atoms with Crippen LogP contribution in [-0.4, -0.2) is 22.2 Å². The van der Waals surface area contributed by atoms with Gasteiger partial charge in [-0.05, 0) is 30.5 Å². The number of amides is 1. The number of carbonyl (C=O) groups excluding carboxylic acids is 1. The van der Waals surface area contributed by atoms with Gasteiger partial charge in [0.1, 0.15) is 0 Å². The van der Waals surface area contributed by atoms with E-state index in [0.29, 0.717) is 11.4 Å². The van der Waals surface area contributed by atoms with Gasteiger partial charge in [-0.1, -0.05) is 31.4 Å². The van der Waals surface area contributed by atoms with Crippen molar-refractivity contribution in [2.24, 2.45) is 5.92 Å². The van der Waals surface area contributed by atoms with Crippen LogP contribution in [0.15, 0.2) is 36.5 Å². The van der Waals surface area contributed by atoms with E-state index in [1.165, 1.54) is 19.3 Å². The molecule has 0 bridgehead atoms. The van der Waals surface area contributed by atoms with Crippen LogP contribution in [0, 0.1) is 5.92 Å². The fourth-order valence-corrected chi connectivity index (χ4v) is 2.54. The van der Waals surface area contributed by atoms with Gasteiger partial charge in [0.2, 0.25) is 0 Å². The number of aromatic nitrogens is 2. The van der Waals surface area contributed by atoms with Crippen LogP contribution in [0.4, 0.5) is 5.69 Å². The maximum Gasteiger partial charge on any atom is 0.271 e. The first-order chi connectivity index (χ1) is 10.2. The number of nitrogens with two attached hydrogens (primary N) is 1. The van der Waals surface area contributed by atoms with Crippen LogP contribution in [0.1, 0.15) is 36.2 Å². The highest BCUT2D eigenvalue weighted by Crippen LogP contribution is 2.28. The molecule has 1 heterocycles. The number of rotatable bonds is 5. The summed E-state index contributed by atoms with van der Waals surface area (Å²) in [5.41, 5.74) is 7.75. The van der Waals surface area contributed by atoms with Gasteiger partial charge in [-0.2, -0.15) is 5.10 Å². The molecule has 0 saturated heterocycles. The third-order valence-electron chi connectivity index (χ3n) is 4.07. The maximum atomic E-state index is 12.0. The highest BCUT2D eigenvalue weighted by atomic mass is 16.1. The lowest BCUT2D eigenvalue weighted by molar-refractivity contribution is 0.0943. The van der Waals surface area contributed by atoms with E-state index in [1.807, 2.05) is 24.3 Å². The molecule has 1 saturated carbocycles. The Balaban J connectivity index is 1.61. The van der Waals surface area contributed by atoms with Crippen molar-refractivity contribution in [3.8, 4) is 5.69 Å². The Labute approximate surface area is 124 Å². The monoisotopic (exact) mass is 284 g/mol. The normalized spacial score (nSPS) is 14.7. The Kier molecular flexibility index (Phi) is 3.90. The van der Waals surface area contributed by atoms with Crippen molar-refractivity contribution in [2.45, 2.75) is 25.7 Å². The summed E-state index contributed by atoms with van der Waals surface area (Å²) in [7, 11) is 0. The zero-order valence-corrected chi connectivity index (χ0v) is 12.0. The predicted molar refractivity (Wildman–Crippen MR) is 82.3 cm³/mol. The molecular weight excluding hydrogens is 264 g/mol. The average Bonchev–Trinajstić information content (AvgIpc) is 2.91. The van der Waals surface area contributed by atoms with Gasteiger partial charge >= 0.3 is 0 Å². The number of benzene rings is 1. The van der Waals surface area contributed by atoms with E-state index in [1.54, 1.807) is 16.9 Å². The van der Waals surface area contributed by atoms with Crippen LogP contribution >= 0.6 is 0 Å². The third kappa shape index (κ3) is 3.07. The molecule has 110 valence electrons. The summed E-state index contributed by atoms with van der Waals surface area (Å²) >= 11 is 0. The van der Waals surface area contributed by atoms with E-state index in [4.69, 9.17) is 5.73 Å². The third-order valence-corrected chi connectivity index (χ3v) is 4.07. The van der Waals surface area contributed by atoms with E-state index >= 15 is 0 Å². The van der Waals surface area contributed by atoms with E-state index < -0.39 is 0 Å². The van der Waals surface area contributed by atoms with Gasteiger partial charge in [-0.25, -0.2) is 4.68 Å². The van der Waals surface area contributed by atoms with Gasteiger partial charge in [-0.15, -0.1) is 0 Å². The summed E-state index contributed by atoms with van der Waals surface area (Å²) in [6.07, 6.45) is 6.77. The summed E-state index contributed by atoms with van der Waals surface area (Å²) in [6, 6.07) is 9.17. The Morgan fingerprint density at radius 2 is 2.14 bits per heavy atom. The fourth-order valence-electron chi connectivity index (χ4n) is 2.54. The smallest absolute Gasteiger partial charge is 0.271 e. The van der Waals surface area contributed by atoms with E-state index in [9.17, 15) is 4.79 Å². The quantitative estimate of drug-likeness (QED) is 0.828. The van der Waals surface area contributed by atoms with Gasteiger partial charge < -0.3 is 11.1 Å². The summed E-state index contributed by atoms with van der Waals surface area (Å²) < 4.78 is 1.64. The largest absolute Gasteiger partial charge is 0.397 e. The molecule has 0 atom stereocenters. The van der Waals surface area contributed by atoms with Crippen molar-refractivity contribution < 1.29 is 4.79 Å². The SMILES string of the molecule is Nc1ccccc1-n1ccc(C(=O)NCCC2CCC2)n1. The molecule has 2 aromatic rings. The first-order valence-corrected chi connectivity index (χ1v) is 7.43. The van der Waals surface area contributed by atoms with E-state index in [-0.39, 0.29) is 5.91 Å². The maximum absolute atomic E-state index is 12.0. The number of nitrogens with zero attached hydrogens (tertiary/aromatic N) is 2. The van der Waals surface area contributed by atoms with Gasteiger partial charge in [-0.3, -0.25) is 4.79 Å². The molecule has 3 rings (SSSR count). The van der Waals surface area contributed by atoms with Crippen molar-refractivity contribution in [1.29, 1.82) is 0 Å². The standard InChI is InChI=1S/C16H20N4O/c17-13-6-1-2-7-15(13)20-11-9-14(19-20)16(21)18-10-8-12-4-3-5-12/h1-2,6-7,9,11-12H,3-5,8,10,17H2,(H,18,21). The highest BCUT2D eigenvalue weighted by Gasteiger charge is 2.17. The molecule has 1 amide bonds. The summed E-state index contributed by atoms with van der Waals surface area (Å²) in [5, 5.41) is 7.23. The molecule has 5 heteroatoms. The zero-order chi connectivity index (χ0) is 14.7. The molecule has 3 N–H and O–H groups in total. The van der Waals surface area contributed by atoms with Crippen LogP contribution in [-0.2, 0) is 0 Å². The van der Waals surface area contributed by atoms with Gasteiger partial charge in [0, 0.05) is 12.7 Å². The van der Waals surface area contributed by atoms with Crippen molar-refractivity contribution in [1.82, 2.24) is 15.1 Å². The lowest BCUT2D eigenvalue weighted by atomic mass is 9.83. The summed E-state index contributed by atoms with van der Waals surface area (Å²) in [5.74, 6) is 0.676. The van der Waals surface area contributed by atoms with Crippen molar-refractivity contribution >= 4 is 11.6 Å². The van der Waals surface area contributed by atoms with Crippen LogP contribution in [0.5, 0.6) is 0 Å². The number of carbonyl (C=O) groups is 1. The lowest BCUT2D eigenvalue weighted by Gasteiger charge is -2.24. The molecule has 0 radical (unpaired) electrons. The number of anilines is 1. The van der Waals surface area contributed by atoms with Crippen LogP contribution in [0.2, 0.25) is 0 Å². The number of nitrogens with one attached hydrogen (secondary N) is 1. The lowest BCUT2D eigenvalue weighted by Crippen LogP contribution is -2.27. The Hall–Kier alpha value is -2.30. The summed E-state index contributed by atoms with van der Waals surface area (Å²) in [6.45, 7) is 0.726. The van der Waals surface area contributed by atoms with Crippen molar-refractivity contribution in [2.75, 3.05) is 12.3 Å². The molecule has 5 nitrogen and oxygen atoms in total. The topological polar surface area (TPSA) is 72.9 Å². The molecule has 1 aromatic heterocycles. The average molecular weight is 284 g/mol. The molecule has 1 aromatic carbocycles.